The predicted octanol–water partition coefficient (Wildman–Crippen LogP) is 3.90. The molecular weight excluding hydrogens is 421 g/mol. The summed E-state index contributed by atoms with van der Waals surface area (Å²) in [5.74, 6) is 0.0114. The van der Waals surface area contributed by atoms with Crippen LogP contribution in [0.5, 0.6) is 0 Å². The van der Waals surface area contributed by atoms with Crippen molar-refractivity contribution >= 4 is 34.3 Å². The van der Waals surface area contributed by atoms with Gasteiger partial charge in [0, 0.05) is 39.1 Å². The molecule has 1 aliphatic heterocycles. The summed E-state index contributed by atoms with van der Waals surface area (Å²) in [5, 5.41) is 6.70. The maximum Gasteiger partial charge on any atom is 0.273 e. The average Bonchev–Trinajstić information content (AvgIpc) is 3.46. The predicted molar refractivity (Wildman–Crippen MR) is 126 cm³/mol. The molecule has 33 heavy (non-hydrogen) atoms. The van der Waals surface area contributed by atoms with Gasteiger partial charge in [0.05, 0.1) is 5.39 Å². The van der Waals surface area contributed by atoms with E-state index in [4.69, 9.17) is 0 Å². The van der Waals surface area contributed by atoms with Gasteiger partial charge in [0.15, 0.2) is 5.82 Å². The number of anilines is 2. The van der Waals surface area contributed by atoms with Crippen molar-refractivity contribution in [3.8, 4) is 0 Å². The number of nitrogens with zero attached hydrogens (tertiary/aromatic N) is 5. The van der Waals surface area contributed by atoms with Crippen LogP contribution in [0.15, 0.2) is 30.6 Å². The summed E-state index contributed by atoms with van der Waals surface area (Å²) in [4.78, 5) is 27.7. The van der Waals surface area contributed by atoms with Gasteiger partial charge in [-0.1, -0.05) is 18.9 Å². The first-order valence-electron chi connectivity index (χ1n) is 11.4. The summed E-state index contributed by atoms with van der Waals surface area (Å²) in [7, 11) is 3.26. The number of fused-ring (bicyclic) bond motifs is 1. The Morgan fingerprint density at radius 3 is 2.70 bits per heavy atom. The second-order valence-electron chi connectivity index (χ2n) is 8.84. The van der Waals surface area contributed by atoms with Crippen molar-refractivity contribution in [2.24, 2.45) is 0 Å². The topological polar surface area (TPSA) is 88.0 Å². The second-order valence-corrected chi connectivity index (χ2v) is 8.84. The molecule has 0 aromatic carbocycles. The Bertz CT molecular complexity index is 1210. The van der Waals surface area contributed by atoms with Gasteiger partial charge >= 0.3 is 0 Å². The number of amides is 1. The van der Waals surface area contributed by atoms with Crippen LogP contribution in [0.25, 0.3) is 16.6 Å². The number of halogens is 1. The smallest absolute Gasteiger partial charge is 0.273 e. The lowest BCUT2D eigenvalue weighted by Gasteiger charge is -2.18. The third-order valence-corrected chi connectivity index (χ3v) is 6.42. The number of aromatic nitrogens is 4. The molecule has 1 amide bonds. The van der Waals surface area contributed by atoms with Crippen molar-refractivity contribution in [2.45, 2.75) is 38.1 Å². The Morgan fingerprint density at radius 2 is 2.03 bits per heavy atom. The summed E-state index contributed by atoms with van der Waals surface area (Å²) in [6.07, 6.45) is 10.4. The van der Waals surface area contributed by atoms with Crippen molar-refractivity contribution in [3.63, 3.8) is 0 Å². The van der Waals surface area contributed by atoms with E-state index in [1.807, 2.05) is 18.3 Å². The fraction of sp³-hybridized carbons (Fsp3) is 0.417. The second kappa shape index (κ2) is 8.90. The quantitative estimate of drug-likeness (QED) is 0.614. The van der Waals surface area contributed by atoms with E-state index in [9.17, 15) is 4.79 Å². The Labute approximate surface area is 191 Å². The zero-order valence-corrected chi connectivity index (χ0v) is 18.9. The van der Waals surface area contributed by atoms with Gasteiger partial charge in [-0.2, -0.15) is 4.98 Å². The van der Waals surface area contributed by atoms with Crippen molar-refractivity contribution in [2.75, 3.05) is 32.5 Å². The number of nitrogens with one attached hydrogen (secondary N) is 2. The molecule has 1 fully saturated rings. The highest BCUT2D eigenvalue weighted by molar-refractivity contribution is 5.98. The Hall–Kier alpha value is -3.33. The number of hydrogen-bond donors (Lipinski definition) is 2. The number of hydrogen-bond acceptors (Lipinski definition) is 6. The SMILES string of the molecule is CN(C)C(=O)c1c(F)c2cnc(Nc3ccc(C4=CCNCC4)cn3)nc2n1C1CCCC1. The monoisotopic (exact) mass is 449 g/mol. The molecule has 1 aliphatic carbocycles. The van der Waals surface area contributed by atoms with Gasteiger partial charge in [0.25, 0.3) is 5.91 Å². The van der Waals surface area contributed by atoms with E-state index in [0.717, 1.165) is 50.8 Å². The van der Waals surface area contributed by atoms with E-state index < -0.39 is 5.82 Å². The zero-order valence-electron chi connectivity index (χ0n) is 18.9. The molecule has 4 heterocycles. The van der Waals surface area contributed by atoms with E-state index in [2.05, 4.69) is 31.7 Å². The molecule has 0 bridgehead atoms. The standard InChI is InChI=1S/C24H28FN7O/c1-31(2)23(33)21-20(25)18-14-28-24(30-22(18)32(21)17-5-3-4-6-17)29-19-8-7-16(13-27-19)15-9-11-26-12-10-15/h7-9,13-14,17,26H,3-6,10-12H2,1-2H3,(H,27,28,29,30). The fourth-order valence-corrected chi connectivity index (χ4v) is 4.69. The summed E-state index contributed by atoms with van der Waals surface area (Å²) in [6, 6.07) is 3.97. The molecule has 172 valence electrons. The Morgan fingerprint density at radius 1 is 1.21 bits per heavy atom. The largest absolute Gasteiger partial charge is 0.343 e. The van der Waals surface area contributed by atoms with Gasteiger partial charge in [0.2, 0.25) is 5.95 Å². The molecule has 0 spiro atoms. The minimum absolute atomic E-state index is 0.0503. The van der Waals surface area contributed by atoms with Gasteiger partial charge in [-0.05, 0) is 49.1 Å². The third kappa shape index (κ3) is 4.08. The molecule has 1 saturated carbocycles. The summed E-state index contributed by atoms with van der Waals surface area (Å²) >= 11 is 0. The molecule has 3 aromatic heterocycles. The van der Waals surface area contributed by atoms with Gasteiger partial charge in [0.1, 0.15) is 17.2 Å². The van der Waals surface area contributed by atoms with E-state index in [1.54, 1.807) is 18.7 Å². The Balaban J connectivity index is 1.49. The fourth-order valence-electron chi connectivity index (χ4n) is 4.69. The highest BCUT2D eigenvalue weighted by Crippen LogP contribution is 2.36. The lowest BCUT2D eigenvalue weighted by molar-refractivity contribution is 0.0810. The first-order chi connectivity index (χ1) is 16.0. The lowest BCUT2D eigenvalue weighted by Crippen LogP contribution is -2.26. The summed E-state index contributed by atoms with van der Waals surface area (Å²) in [6.45, 7) is 1.84. The van der Waals surface area contributed by atoms with E-state index in [1.165, 1.54) is 16.7 Å². The van der Waals surface area contributed by atoms with Crippen molar-refractivity contribution in [3.05, 3.63) is 47.7 Å². The van der Waals surface area contributed by atoms with Crippen LogP contribution in [0.4, 0.5) is 16.2 Å². The van der Waals surface area contributed by atoms with Gasteiger partial charge in [-0.15, -0.1) is 0 Å². The van der Waals surface area contributed by atoms with Crippen LogP contribution in [0.1, 0.15) is 54.2 Å². The first kappa shape index (κ1) is 21.5. The lowest BCUT2D eigenvalue weighted by atomic mass is 10.0. The van der Waals surface area contributed by atoms with Crippen molar-refractivity contribution < 1.29 is 9.18 Å². The van der Waals surface area contributed by atoms with Crippen LogP contribution >= 0.6 is 0 Å². The molecule has 0 atom stereocenters. The van der Waals surface area contributed by atoms with Crippen LogP contribution in [-0.2, 0) is 0 Å². The van der Waals surface area contributed by atoms with Crippen molar-refractivity contribution in [1.29, 1.82) is 0 Å². The first-order valence-corrected chi connectivity index (χ1v) is 11.4. The van der Waals surface area contributed by atoms with Crippen LogP contribution in [-0.4, -0.2) is 57.5 Å². The van der Waals surface area contributed by atoms with Gasteiger partial charge in [-0.25, -0.2) is 14.4 Å². The number of carbonyl (C=O) groups excluding carboxylic acids is 1. The molecule has 0 radical (unpaired) electrons. The van der Waals surface area contributed by atoms with Crippen LogP contribution in [0, 0.1) is 5.82 Å². The van der Waals surface area contributed by atoms with Crippen LogP contribution in [0.2, 0.25) is 0 Å². The Kier molecular flexibility index (Phi) is 5.80. The summed E-state index contributed by atoms with van der Waals surface area (Å²) < 4.78 is 17.1. The van der Waals surface area contributed by atoms with Crippen LogP contribution in [0.3, 0.4) is 0 Å². The van der Waals surface area contributed by atoms with Gasteiger partial charge in [-0.3, -0.25) is 4.79 Å². The number of pyridine rings is 1. The minimum Gasteiger partial charge on any atom is -0.343 e. The molecule has 3 aromatic rings. The van der Waals surface area contributed by atoms with E-state index in [0.29, 0.717) is 17.4 Å². The van der Waals surface area contributed by atoms with Crippen LogP contribution < -0.4 is 10.6 Å². The molecular formula is C24H28FN7O. The van der Waals surface area contributed by atoms with E-state index >= 15 is 4.39 Å². The molecule has 2 N–H and O–H groups in total. The normalized spacial score (nSPS) is 16.8. The molecule has 9 heteroatoms. The summed E-state index contributed by atoms with van der Waals surface area (Å²) in [5.41, 5.74) is 2.89. The average molecular weight is 450 g/mol. The molecule has 5 rings (SSSR count). The molecule has 8 nitrogen and oxygen atoms in total. The van der Waals surface area contributed by atoms with Gasteiger partial charge < -0.3 is 20.1 Å². The number of carbonyl (C=O) groups is 1. The molecule has 0 saturated heterocycles. The highest BCUT2D eigenvalue weighted by atomic mass is 19.1. The highest BCUT2D eigenvalue weighted by Gasteiger charge is 2.31. The molecule has 0 unspecified atom stereocenters. The third-order valence-electron chi connectivity index (χ3n) is 6.42. The minimum atomic E-state index is -0.556. The van der Waals surface area contributed by atoms with E-state index in [-0.39, 0.29) is 23.0 Å². The maximum atomic E-state index is 15.3. The zero-order chi connectivity index (χ0) is 22.9. The maximum absolute atomic E-state index is 15.3. The number of rotatable bonds is 5. The molecule has 2 aliphatic rings. The van der Waals surface area contributed by atoms with Crippen molar-refractivity contribution in [1.82, 2.24) is 29.7 Å².